The van der Waals surface area contributed by atoms with Gasteiger partial charge >= 0.3 is 5.82 Å². The molecule has 6 nitrogen and oxygen atoms in total. The van der Waals surface area contributed by atoms with Gasteiger partial charge in [0.1, 0.15) is 11.9 Å². The van der Waals surface area contributed by atoms with Gasteiger partial charge in [0.2, 0.25) is 0 Å². The second kappa shape index (κ2) is 6.02. The molecule has 1 aromatic heterocycles. The Bertz CT molecular complexity index is 357. The topological polar surface area (TPSA) is 77.3 Å². The number of aromatic nitrogens is 1. The second-order valence-electron chi connectivity index (χ2n) is 3.28. The van der Waals surface area contributed by atoms with Crippen molar-refractivity contribution in [1.29, 1.82) is 0 Å². The number of nitrogens with one attached hydrogen (secondary N) is 1. The molecule has 88 valence electrons. The average molecular weight is 225 g/mol. The summed E-state index contributed by atoms with van der Waals surface area (Å²) >= 11 is 0. The van der Waals surface area contributed by atoms with Crippen molar-refractivity contribution in [3.05, 3.63) is 28.4 Å². The Labute approximate surface area is 93.8 Å². The van der Waals surface area contributed by atoms with Crippen LogP contribution in [-0.4, -0.2) is 29.2 Å². The van der Waals surface area contributed by atoms with Crippen LogP contribution in [0.25, 0.3) is 0 Å². The maximum atomic E-state index is 10.7. The van der Waals surface area contributed by atoms with Crippen LogP contribution in [0.2, 0.25) is 0 Å². The van der Waals surface area contributed by atoms with Crippen LogP contribution in [0.4, 0.5) is 11.5 Å². The van der Waals surface area contributed by atoms with Gasteiger partial charge in [-0.05, 0) is 35.9 Å². The Morgan fingerprint density at radius 1 is 1.69 bits per heavy atom. The zero-order valence-corrected chi connectivity index (χ0v) is 9.34. The van der Waals surface area contributed by atoms with Crippen LogP contribution >= 0.6 is 0 Å². The number of hydrogen-bond donors (Lipinski definition) is 1. The lowest BCUT2D eigenvalue weighted by molar-refractivity contribution is -0.388. The van der Waals surface area contributed by atoms with Gasteiger partial charge in [0.05, 0.1) is 6.10 Å². The largest absolute Gasteiger partial charge is 0.386 e. The number of ether oxygens (including phenoxy) is 1. The molecule has 0 saturated carbocycles. The normalized spacial score (nSPS) is 12.1. The molecule has 0 bridgehead atoms. The molecule has 1 heterocycles. The van der Waals surface area contributed by atoms with Gasteiger partial charge < -0.3 is 20.2 Å². The van der Waals surface area contributed by atoms with E-state index in [4.69, 9.17) is 4.74 Å². The number of anilines is 1. The molecule has 16 heavy (non-hydrogen) atoms. The fraction of sp³-hybridized carbons (Fsp3) is 0.500. The molecule has 0 fully saturated rings. The Hall–Kier alpha value is -1.69. The van der Waals surface area contributed by atoms with E-state index in [1.807, 2.05) is 13.8 Å². The molecule has 0 aliphatic rings. The fourth-order valence-electron chi connectivity index (χ4n) is 1.28. The zero-order chi connectivity index (χ0) is 12.0. The molecular weight excluding hydrogens is 210 g/mol. The smallest absolute Gasteiger partial charge is 0.377 e. The monoisotopic (exact) mass is 225 g/mol. The summed E-state index contributed by atoms with van der Waals surface area (Å²) in [6.45, 7) is 4.94. The van der Waals surface area contributed by atoms with E-state index in [0.717, 1.165) is 0 Å². The first-order valence-corrected chi connectivity index (χ1v) is 5.10. The van der Waals surface area contributed by atoms with Crippen LogP contribution in [0, 0.1) is 10.1 Å². The van der Waals surface area contributed by atoms with E-state index in [2.05, 4.69) is 10.3 Å². The first-order chi connectivity index (χ1) is 7.65. The molecule has 0 aromatic carbocycles. The van der Waals surface area contributed by atoms with E-state index in [9.17, 15) is 10.1 Å². The molecule has 0 aliphatic carbocycles. The maximum Gasteiger partial charge on any atom is 0.386 e. The first-order valence-electron chi connectivity index (χ1n) is 5.10. The molecule has 1 unspecified atom stereocenters. The van der Waals surface area contributed by atoms with E-state index in [1.165, 1.54) is 6.20 Å². The lowest BCUT2D eigenvalue weighted by atomic mass is 10.3. The van der Waals surface area contributed by atoms with Gasteiger partial charge in [-0.25, -0.2) is 0 Å². The SMILES string of the molecule is CCOC(C)CNc1cccnc1[N+](=O)[O-]. The number of rotatable bonds is 6. The van der Waals surface area contributed by atoms with Gasteiger partial charge in [0.25, 0.3) is 0 Å². The van der Waals surface area contributed by atoms with Gasteiger partial charge in [-0.15, -0.1) is 0 Å². The molecule has 0 amide bonds. The molecule has 6 heteroatoms. The number of nitro groups is 1. The highest BCUT2D eigenvalue weighted by Crippen LogP contribution is 2.19. The fourth-order valence-corrected chi connectivity index (χ4v) is 1.28. The molecular formula is C10H15N3O3. The quantitative estimate of drug-likeness (QED) is 0.590. The summed E-state index contributed by atoms with van der Waals surface area (Å²) < 4.78 is 5.31. The van der Waals surface area contributed by atoms with E-state index in [0.29, 0.717) is 18.8 Å². The maximum absolute atomic E-state index is 10.7. The lowest BCUT2D eigenvalue weighted by Crippen LogP contribution is -2.20. The minimum atomic E-state index is -0.506. The molecule has 0 aliphatic heterocycles. The molecule has 1 aromatic rings. The van der Waals surface area contributed by atoms with Crippen molar-refractivity contribution in [3.63, 3.8) is 0 Å². The predicted molar refractivity (Wildman–Crippen MR) is 60.5 cm³/mol. The molecule has 1 atom stereocenters. The standard InChI is InChI=1S/C10H15N3O3/c1-3-16-8(2)7-12-9-5-4-6-11-10(9)13(14)15/h4-6,8,12H,3,7H2,1-2H3. The van der Waals surface area contributed by atoms with Crippen molar-refractivity contribution in [2.75, 3.05) is 18.5 Å². The minimum Gasteiger partial charge on any atom is -0.377 e. The number of nitrogens with zero attached hydrogens (tertiary/aromatic N) is 2. The van der Waals surface area contributed by atoms with Crippen LogP contribution in [0.3, 0.4) is 0 Å². The highest BCUT2D eigenvalue weighted by atomic mass is 16.6. The van der Waals surface area contributed by atoms with E-state index >= 15 is 0 Å². The van der Waals surface area contributed by atoms with Crippen LogP contribution in [0.15, 0.2) is 18.3 Å². The van der Waals surface area contributed by atoms with Gasteiger partial charge in [-0.3, -0.25) is 0 Å². The zero-order valence-electron chi connectivity index (χ0n) is 9.34. The third-order valence-corrected chi connectivity index (χ3v) is 1.99. The van der Waals surface area contributed by atoms with Crippen molar-refractivity contribution < 1.29 is 9.66 Å². The summed E-state index contributed by atoms with van der Waals surface area (Å²) in [5.41, 5.74) is 0.416. The van der Waals surface area contributed by atoms with Crippen molar-refractivity contribution in [3.8, 4) is 0 Å². The van der Waals surface area contributed by atoms with E-state index in [-0.39, 0.29) is 11.9 Å². The summed E-state index contributed by atoms with van der Waals surface area (Å²) in [5, 5.41) is 13.6. The average Bonchev–Trinajstić information content (AvgIpc) is 2.27. The van der Waals surface area contributed by atoms with Gasteiger partial charge in [-0.1, -0.05) is 0 Å². The summed E-state index contributed by atoms with van der Waals surface area (Å²) in [6.07, 6.45) is 1.40. The van der Waals surface area contributed by atoms with E-state index in [1.54, 1.807) is 12.1 Å². The molecule has 0 radical (unpaired) electrons. The number of hydrogen-bond acceptors (Lipinski definition) is 5. The molecule has 0 spiro atoms. The Balaban J connectivity index is 2.63. The van der Waals surface area contributed by atoms with Crippen LogP contribution in [0.1, 0.15) is 13.8 Å². The summed E-state index contributed by atoms with van der Waals surface area (Å²) in [5.74, 6) is -0.161. The van der Waals surface area contributed by atoms with Crippen molar-refractivity contribution in [2.24, 2.45) is 0 Å². The molecule has 1 rings (SSSR count). The van der Waals surface area contributed by atoms with E-state index < -0.39 is 4.92 Å². The first kappa shape index (κ1) is 12.4. The predicted octanol–water partition coefficient (Wildman–Crippen LogP) is 1.83. The Morgan fingerprint density at radius 2 is 2.44 bits per heavy atom. The summed E-state index contributed by atoms with van der Waals surface area (Å²) in [6, 6.07) is 3.28. The highest BCUT2D eigenvalue weighted by molar-refractivity contribution is 5.56. The van der Waals surface area contributed by atoms with Gasteiger partial charge in [0.15, 0.2) is 0 Å². The third-order valence-electron chi connectivity index (χ3n) is 1.99. The molecule has 0 saturated heterocycles. The summed E-state index contributed by atoms with van der Waals surface area (Å²) in [7, 11) is 0. The molecule has 1 N–H and O–H groups in total. The van der Waals surface area contributed by atoms with Crippen LogP contribution in [-0.2, 0) is 4.74 Å². The minimum absolute atomic E-state index is 0.00445. The highest BCUT2D eigenvalue weighted by Gasteiger charge is 2.14. The van der Waals surface area contributed by atoms with Crippen LogP contribution < -0.4 is 5.32 Å². The Kier molecular flexibility index (Phi) is 4.65. The second-order valence-corrected chi connectivity index (χ2v) is 3.28. The van der Waals surface area contributed by atoms with Gasteiger partial charge in [0, 0.05) is 13.2 Å². The Morgan fingerprint density at radius 3 is 3.06 bits per heavy atom. The number of pyridine rings is 1. The van der Waals surface area contributed by atoms with Crippen molar-refractivity contribution in [2.45, 2.75) is 20.0 Å². The summed E-state index contributed by atoms with van der Waals surface area (Å²) in [4.78, 5) is 13.9. The van der Waals surface area contributed by atoms with Crippen molar-refractivity contribution >= 4 is 11.5 Å². The third kappa shape index (κ3) is 3.47. The van der Waals surface area contributed by atoms with Crippen LogP contribution in [0.5, 0.6) is 0 Å². The lowest BCUT2D eigenvalue weighted by Gasteiger charge is -2.13. The van der Waals surface area contributed by atoms with Gasteiger partial charge in [-0.2, -0.15) is 0 Å². The van der Waals surface area contributed by atoms with Crippen molar-refractivity contribution in [1.82, 2.24) is 4.98 Å².